The van der Waals surface area contributed by atoms with Gasteiger partial charge in [0.2, 0.25) is 5.91 Å². The van der Waals surface area contributed by atoms with Crippen molar-refractivity contribution < 1.29 is 4.79 Å². The van der Waals surface area contributed by atoms with E-state index in [-0.39, 0.29) is 11.3 Å². The topological polar surface area (TPSA) is 38.1 Å². The summed E-state index contributed by atoms with van der Waals surface area (Å²) in [6.07, 6.45) is 2.09. The van der Waals surface area contributed by atoms with E-state index in [9.17, 15) is 4.79 Å². The third kappa shape index (κ3) is 1.42. The first-order valence-corrected chi connectivity index (χ1v) is 4.54. The van der Waals surface area contributed by atoms with Crippen LogP contribution in [0, 0.1) is 0 Å². The van der Waals surface area contributed by atoms with E-state index in [2.05, 4.69) is 5.10 Å². The van der Waals surface area contributed by atoms with Crippen LogP contribution in [-0.4, -0.2) is 27.6 Å². The third-order valence-electron chi connectivity index (χ3n) is 2.15. The number of aryl methyl sites for hydroxylation is 1. The normalized spacial score (nSPS) is 22.8. The molecule has 0 bridgehead atoms. The van der Waals surface area contributed by atoms with Crippen LogP contribution < -0.4 is 4.90 Å². The molecule has 1 aromatic rings. The molecule has 0 aromatic carbocycles. The third-order valence-corrected chi connectivity index (χ3v) is 2.44. The molecule has 0 saturated carbocycles. The maximum Gasteiger partial charge on any atom is 0.229 e. The summed E-state index contributed by atoms with van der Waals surface area (Å²) in [4.78, 5) is 13.1. The highest BCUT2D eigenvalue weighted by Crippen LogP contribution is 2.22. The molecule has 1 unspecified atom stereocenters. The second kappa shape index (κ2) is 3.03. The van der Waals surface area contributed by atoms with Crippen LogP contribution in [0.25, 0.3) is 0 Å². The van der Waals surface area contributed by atoms with E-state index in [1.165, 1.54) is 0 Å². The molecule has 13 heavy (non-hydrogen) atoms. The van der Waals surface area contributed by atoms with Crippen LogP contribution in [0.1, 0.15) is 6.42 Å². The molecule has 2 rings (SSSR count). The Balaban J connectivity index is 2.27. The maximum atomic E-state index is 11.4. The Kier molecular flexibility index (Phi) is 2.00. The van der Waals surface area contributed by atoms with Gasteiger partial charge in [-0.05, 0) is 0 Å². The molecule has 1 aliphatic rings. The lowest BCUT2D eigenvalue weighted by molar-refractivity contribution is -0.117. The van der Waals surface area contributed by atoms with Gasteiger partial charge < -0.3 is 0 Å². The van der Waals surface area contributed by atoms with Crippen LogP contribution in [0.2, 0.25) is 0 Å². The van der Waals surface area contributed by atoms with Crippen molar-refractivity contribution in [2.75, 3.05) is 11.4 Å². The summed E-state index contributed by atoms with van der Waals surface area (Å²) < 4.78 is 1.67. The van der Waals surface area contributed by atoms with Crippen molar-refractivity contribution in [1.29, 1.82) is 0 Å². The molecule has 0 aliphatic carbocycles. The Morgan fingerprint density at radius 1 is 1.69 bits per heavy atom. The van der Waals surface area contributed by atoms with Gasteiger partial charge in [0.25, 0.3) is 0 Å². The Hall–Kier alpha value is -1.03. The van der Waals surface area contributed by atoms with Gasteiger partial charge in [0, 0.05) is 26.1 Å². The minimum absolute atomic E-state index is 0.0672. The summed E-state index contributed by atoms with van der Waals surface area (Å²) in [5.74, 6) is 0.886. The number of halogens is 1. The van der Waals surface area contributed by atoms with E-state index >= 15 is 0 Å². The molecule has 4 nitrogen and oxygen atoms in total. The lowest BCUT2D eigenvalue weighted by Gasteiger charge is -2.14. The Morgan fingerprint density at radius 2 is 2.46 bits per heavy atom. The summed E-state index contributed by atoms with van der Waals surface area (Å²) in [6, 6.07) is 1.81. The number of rotatable bonds is 1. The van der Waals surface area contributed by atoms with Crippen LogP contribution in [0.4, 0.5) is 5.82 Å². The van der Waals surface area contributed by atoms with Gasteiger partial charge in [0.15, 0.2) is 0 Å². The molecular weight excluding hydrogens is 190 g/mol. The van der Waals surface area contributed by atoms with Gasteiger partial charge in [0.1, 0.15) is 5.82 Å². The second-order valence-electron chi connectivity index (χ2n) is 3.12. The van der Waals surface area contributed by atoms with Crippen LogP contribution in [0.5, 0.6) is 0 Å². The van der Waals surface area contributed by atoms with E-state index in [1.807, 2.05) is 13.1 Å². The fourth-order valence-corrected chi connectivity index (χ4v) is 1.79. The highest BCUT2D eigenvalue weighted by atomic mass is 35.5. The molecule has 1 fully saturated rings. The molecule has 70 valence electrons. The summed E-state index contributed by atoms with van der Waals surface area (Å²) in [5, 5.41) is 3.93. The minimum Gasteiger partial charge on any atom is -0.295 e. The zero-order valence-corrected chi connectivity index (χ0v) is 8.03. The molecule has 1 amide bonds. The van der Waals surface area contributed by atoms with Gasteiger partial charge in [-0.2, -0.15) is 5.10 Å². The van der Waals surface area contributed by atoms with E-state index in [0.717, 1.165) is 5.82 Å². The van der Waals surface area contributed by atoms with Crippen LogP contribution >= 0.6 is 11.6 Å². The first-order chi connectivity index (χ1) is 6.18. The van der Waals surface area contributed by atoms with Gasteiger partial charge in [-0.3, -0.25) is 14.4 Å². The Morgan fingerprint density at radius 3 is 2.92 bits per heavy atom. The lowest BCUT2D eigenvalue weighted by Crippen LogP contribution is -2.26. The summed E-state index contributed by atoms with van der Waals surface area (Å²) in [7, 11) is 1.81. The van der Waals surface area contributed by atoms with Crippen molar-refractivity contribution in [3.05, 3.63) is 12.3 Å². The van der Waals surface area contributed by atoms with Crippen molar-refractivity contribution >= 4 is 23.3 Å². The number of anilines is 1. The first kappa shape index (κ1) is 8.56. The number of alkyl halides is 1. The van der Waals surface area contributed by atoms with E-state index < -0.39 is 0 Å². The monoisotopic (exact) mass is 199 g/mol. The number of hydrogen-bond donors (Lipinski definition) is 0. The molecule has 1 atom stereocenters. The molecule has 0 radical (unpaired) electrons. The fraction of sp³-hybridized carbons (Fsp3) is 0.500. The quantitative estimate of drug-likeness (QED) is 0.627. The number of hydrogen-bond acceptors (Lipinski definition) is 2. The Bertz CT molecular complexity index is 336. The SMILES string of the molecule is Cn1nccc1N1CC(Cl)CC1=O. The van der Waals surface area contributed by atoms with Gasteiger partial charge in [-0.15, -0.1) is 11.6 Å². The fourth-order valence-electron chi connectivity index (χ4n) is 1.52. The van der Waals surface area contributed by atoms with Gasteiger partial charge >= 0.3 is 0 Å². The molecular formula is C8H10ClN3O. The zero-order chi connectivity index (χ0) is 9.42. The Labute approximate surface area is 81.1 Å². The largest absolute Gasteiger partial charge is 0.295 e. The smallest absolute Gasteiger partial charge is 0.229 e. The van der Waals surface area contributed by atoms with E-state index in [1.54, 1.807) is 15.8 Å². The average Bonchev–Trinajstić information content (AvgIpc) is 2.58. The number of nitrogens with zero attached hydrogens (tertiary/aromatic N) is 3. The first-order valence-electron chi connectivity index (χ1n) is 4.11. The van der Waals surface area contributed by atoms with E-state index in [0.29, 0.717) is 13.0 Å². The number of carbonyl (C=O) groups is 1. The van der Waals surface area contributed by atoms with Crippen LogP contribution in [-0.2, 0) is 11.8 Å². The van der Waals surface area contributed by atoms with Gasteiger partial charge in [-0.25, -0.2) is 0 Å². The van der Waals surface area contributed by atoms with Gasteiger partial charge in [-0.1, -0.05) is 0 Å². The maximum absolute atomic E-state index is 11.4. The van der Waals surface area contributed by atoms with Crippen LogP contribution in [0.15, 0.2) is 12.3 Å². The molecule has 2 heterocycles. The molecule has 5 heteroatoms. The predicted octanol–water partition coefficient (Wildman–Crippen LogP) is 0.764. The summed E-state index contributed by atoms with van der Waals surface area (Å²) in [6.45, 7) is 0.583. The van der Waals surface area contributed by atoms with Crippen LogP contribution in [0.3, 0.4) is 0 Å². The van der Waals surface area contributed by atoms with Gasteiger partial charge in [0.05, 0.1) is 11.6 Å². The molecule has 0 spiro atoms. The van der Waals surface area contributed by atoms with Crippen molar-refractivity contribution in [1.82, 2.24) is 9.78 Å². The van der Waals surface area contributed by atoms with Crippen molar-refractivity contribution in [2.45, 2.75) is 11.8 Å². The summed E-state index contributed by atoms with van der Waals surface area (Å²) >= 11 is 5.88. The predicted molar refractivity (Wildman–Crippen MR) is 49.8 cm³/mol. The highest BCUT2D eigenvalue weighted by molar-refractivity contribution is 6.24. The van der Waals surface area contributed by atoms with Crippen molar-refractivity contribution in [3.8, 4) is 0 Å². The second-order valence-corrected chi connectivity index (χ2v) is 3.74. The standard InChI is InChI=1S/C8H10ClN3O/c1-11-7(2-3-10-11)12-5-6(9)4-8(12)13/h2-3,6H,4-5H2,1H3. The number of carbonyl (C=O) groups excluding carboxylic acids is 1. The van der Waals surface area contributed by atoms with Crippen molar-refractivity contribution in [3.63, 3.8) is 0 Å². The zero-order valence-electron chi connectivity index (χ0n) is 7.27. The lowest BCUT2D eigenvalue weighted by atomic mass is 10.4. The molecule has 1 aromatic heterocycles. The minimum atomic E-state index is -0.0672. The molecule has 0 N–H and O–H groups in total. The average molecular weight is 200 g/mol. The molecule has 1 aliphatic heterocycles. The highest BCUT2D eigenvalue weighted by Gasteiger charge is 2.30. The van der Waals surface area contributed by atoms with E-state index in [4.69, 9.17) is 11.6 Å². The number of amides is 1. The molecule has 1 saturated heterocycles. The summed E-state index contributed by atoms with van der Waals surface area (Å²) in [5.41, 5.74) is 0. The number of aromatic nitrogens is 2. The van der Waals surface area contributed by atoms with Crippen molar-refractivity contribution in [2.24, 2.45) is 7.05 Å².